The van der Waals surface area contributed by atoms with E-state index >= 15 is 0 Å². The lowest BCUT2D eigenvalue weighted by Crippen LogP contribution is -2.40. The molecule has 1 rings (SSSR count). The zero-order valence-corrected chi connectivity index (χ0v) is 8.55. The highest BCUT2D eigenvalue weighted by atomic mass is 16.3. The topological polar surface area (TPSA) is 44.3 Å². The minimum atomic E-state index is 0.261. The molecule has 0 radical (unpaired) electrons. The van der Waals surface area contributed by atoms with Crippen molar-refractivity contribution in [3.05, 3.63) is 0 Å². The quantitative estimate of drug-likeness (QED) is 0.580. The van der Waals surface area contributed by atoms with Gasteiger partial charge < -0.3 is 15.7 Å². The molecule has 0 aliphatic carbocycles. The second kappa shape index (κ2) is 6.35. The van der Waals surface area contributed by atoms with Crippen LogP contribution in [0.15, 0.2) is 0 Å². The Labute approximate surface area is 80.9 Å². The van der Waals surface area contributed by atoms with Crippen molar-refractivity contribution in [2.45, 2.75) is 32.2 Å². The van der Waals surface area contributed by atoms with Gasteiger partial charge in [-0.1, -0.05) is 6.92 Å². The van der Waals surface area contributed by atoms with Crippen LogP contribution in [0.5, 0.6) is 0 Å². The van der Waals surface area contributed by atoms with Gasteiger partial charge in [0.1, 0.15) is 0 Å². The summed E-state index contributed by atoms with van der Waals surface area (Å²) in [5.41, 5.74) is 0. The normalized spacial score (nSPS) is 25.8. The van der Waals surface area contributed by atoms with Crippen molar-refractivity contribution in [2.24, 2.45) is 5.92 Å². The lowest BCUT2D eigenvalue weighted by atomic mass is 9.99. The largest absolute Gasteiger partial charge is 0.395 e. The van der Waals surface area contributed by atoms with E-state index in [4.69, 9.17) is 5.11 Å². The molecule has 0 amide bonds. The maximum absolute atomic E-state index is 8.98. The average Bonchev–Trinajstić information content (AvgIpc) is 2.21. The summed E-state index contributed by atoms with van der Waals surface area (Å²) in [6.45, 7) is 5.72. The van der Waals surface area contributed by atoms with E-state index in [2.05, 4.69) is 17.6 Å². The lowest BCUT2D eigenvalue weighted by molar-refractivity contribution is 0.228. The van der Waals surface area contributed by atoms with Crippen LogP contribution in [0.4, 0.5) is 0 Å². The summed E-state index contributed by atoms with van der Waals surface area (Å²) in [5.74, 6) is 0.759. The van der Waals surface area contributed by atoms with E-state index in [9.17, 15) is 0 Å². The highest BCUT2D eigenvalue weighted by molar-refractivity contribution is 4.73. The first-order valence-corrected chi connectivity index (χ1v) is 5.41. The van der Waals surface area contributed by atoms with Crippen molar-refractivity contribution in [3.8, 4) is 0 Å². The Balaban J connectivity index is 2.09. The van der Waals surface area contributed by atoms with Gasteiger partial charge in [-0.15, -0.1) is 0 Å². The third-order valence-corrected chi connectivity index (χ3v) is 2.81. The molecule has 3 N–H and O–H groups in total. The Morgan fingerprint density at radius 3 is 3.00 bits per heavy atom. The average molecular weight is 186 g/mol. The fourth-order valence-electron chi connectivity index (χ4n) is 1.77. The Morgan fingerprint density at radius 2 is 2.46 bits per heavy atom. The predicted molar refractivity (Wildman–Crippen MR) is 54.8 cm³/mol. The van der Waals surface area contributed by atoms with Gasteiger partial charge >= 0.3 is 0 Å². The molecule has 0 spiro atoms. The molecule has 0 aromatic heterocycles. The number of hydrogen-bond donors (Lipinski definition) is 3. The molecule has 1 saturated heterocycles. The molecule has 2 atom stereocenters. The lowest BCUT2D eigenvalue weighted by Gasteiger charge is -2.25. The summed E-state index contributed by atoms with van der Waals surface area (Å²) < 4.78 is 0. The molecule has 1 fully saturated rings. The van der Waals surface area contributed by atoms with Crippen molar-refractivity contribution >= 4 is 0 Å². The summed E-state index contributed by atoms with van der Waals surface area (Å²) in [6, 6.07) is 0.293. The minimum absolute atomic E-state index is 0.261. The van der Waals surface area contributed by atoms with Gasteiger partial charge in [0.15, 0.2) is 0 Å². The molecule has 0 saturated carbocycles. The maximum Gasteiger partial charge on any atom is 0.0584 e. The molecule has 1 aliphatic heterocycles. The monoisotopic (exact) mass is 186 g/mol. The van der Waals surface area contributed by atoms with Crippen LogP contribution in [-0.2, 0) is 0 Å². The number of rotatable bonds is 5. The van der Waals surface area contributed by atoms with E-state index in [1.54, 1.807) is 0 Å². The maximum atomic E-state index is 8.98. The van der Waals surface area contributed by atoms with E-state index in [0.29, 0.717) is 6.04 Å². The van der Waals surface area contributed by atoms with Gasteiger partial charge in [0.05, 0.1) is 6.61 Å². The molecule has 3 heteroatoms. The summed E-state index contributed by atoms with van der Waals surface area (Å²) in [4.78, 5) is 0. The first-order valence-electron chi connectivity index (χ1n) is 5.41. The number of nitrogens with one attached hydrogen (secondary N) is 2. The van der Waals surface area contributed by atoms with Gasteiger partial charge in [0.2, 0.25) is 0 Å². The molecule has 78 valence electrons. The van der Waals surface area contributed by atoms with Crippen molar-refractivity contribution in [1.29, 1.82) is 0 Å². The molecule has 1 unspecified atom stereocenters. The molecule has 13 heavy (non-hydrogen) atoms. The van der Waals surface area contributed by atoms with E-state index in [-0.39, 0.29) is 6.61 Å². The van der Waals surface area contributed by atoms with Gasteiger partial charge in [-0.05, 0) is 44.8 Å². The zero-order valence-electron chi connectivity index (χ0n) is 8.55. The van der Waals surface area contributed by atoms with Crippen molar-refractivity contribution in [2.75, 3.05) is 26.2 Å². The van der Waals surface area contributed by atoms with Gasteiger partial charge in [0, 0.05) is 6.04 Å². The van der Waals surface area contributed by atoms with Gasteiger partial charge in [-0.3, -0.25) is 0 Å². The van der Waals surface area contributed by atoms with Crippen LogP contribution in [0.3, 0.4) is 0 Å². The summed E-state index contributed by atoms with van der Waals surface area (Å²) >= 11 is 0. The highest BCUT2D eigenvalue weighted by Gasteiger charge is 2.13. The third kappa shape index (κ3) is 4.07. The molecule has 1 aliphatic rings. The number of piperidine rings is 1. The smallest absolute Gasteiger partial charge is 0.0584 e. The Morgan fingerprint density at radius 1 is 1.62 bits per heavy atom. The van der Waals surface area contributed by atoms with Crippen LogP contribution in [-0.4, -0.2) is 37.4 Å². The van der Waals surface area contributed by atoms with E-state index < -0.39 is 0 Å². The fraction of sp³-hybridized carbons (Fsp3) is 1.00. The Bertz CT molecular complexity index is 120. The van der Waals surface area contributed by atoms with Gasteiger partial charge in [-0.2, -0.15) is 0 Å². The number of aliphatic hydroxyl groups is 1. The molecule has 0 bridgehead atoms. The highest BCUT2D eigenvalue weighted by Crippen LogP contribution is 2.08. The molecular formula is C10H22N2O. The number of aliphatic hydroxyl groups excluding tert-OH is 1. The molecular weight excluding hydrogens is 164 g/mol. The Kier molecular flexibility index (Phi) is 5.35. The standard InChI is InChI=1S/C10H22N2O/c1-2-10(8-13)12-7-9-4-3-5-11-6-9/h9-13H,2-8H2,1H3/t9?,10-/m1/s1. The summed E-state index contributed by atoms with van der Waals surface area (Å²) in [5, 5.41) is 15.8. The van der Waals surface area contributed by atoms with Crippen LogP contribution in [0.2, 0.25) is 0 Å². The van der Waals surface area contributed by atoms with Crippen molar-refractivity contribution in [1.82, 2.24) is 10.6 Å². The first-order chi connectivity index (χ1) is 6.36. The molecule has 0 aromatic carbocycles. The van der Waals surface area contributed by atoms with Crippen LogP contribution in [0, 0.1) is 5.92 Å². The summed E-state index contributed by atoms with van der Waals surface area (Å²) in [6.07, 6.45) is 3.63. The minimum Gasteiger partial charge on any atom is -0.395 e. The van der Waals surface area contributed by atoms with Crippen LogP contribution >= 0.6 is 0 Å². The SMILES string of the molecule is CC[C@H](CO)NCC1CCCNC1. The van der Waals surface area contributed by atoms with E-state index in [0.717, 1.165) is 25.4 Å². The first kappa shape index (κ1) is 11.0. The van der Waals surface area contributed by atoms with E-state index in [1.165, 1.54) is 19.4 Å². The fourth-order valence-corrected chi connectivity index (χ4v) is 1.77. The second-order valence-electron chi connectivity index (χ2n) is 3.91. The Hall–Kier alpha value is -0.120. The van der Waals surface area contributed by atoms with Gasteiger partial charge in [-0.25, -0.2) is 0 Å². The molecule has 0 aromatic rings. The molecule has 3 nitrogen and oxygen atoms in total. The van der Waals surface area contributed by atoms with E-state index in [1.807, 2.05) is 0 Å². The number of hydrogen-bond acceptors (Lipinski definition) is 3. The molecule has 1 heterocycles. The van der Waals surface area contributed by atoms with Gasteiger partial charge in [0.25, 0.3) is 0 Å². The van der Waals surface area contributed by atoms with Crippen molar-refractivity contribution in [3.63, 3.8) is 0 Å². The zero-order chi connectivity index (χ0) is 9.52. The van der Waals surface area contributed by atoms with Crippen LogP contribution in [0.25, 0.3) is 0 Å². The third-order valence-electron chi connectivity index (χ3n) is 2.81. The predicted octanol–water partition coefficient (Wildman–Crippen LogP) is 0.346. The van der Waals surface area contributed by atoms with Crippen molar-refractivity contribution < 1.29 is 5.11 Å². The van der Waals surface area contributed by atoms with Crippen LogP contribution < -0.4 is 10.6 Å². The summed E-state index contributed by atoms with van der Waals surface area (Å²) in [7, 11) is 0. The second-order valence-corrected chi connectivity index (χ2v) is 3.91. The van der Waals surface area contributed by atoms with Crippen LogP contribution in [0.1, 0.15) is 26.2 Å².